The van der Waals surface area contributed by atoms with Crippen molar-refractivity contribution in [2.24, 2.45) is 10.9 Å². The van der Waals surface area contributed by atoms with Gasteiger partial charge in [0, 0.05) is 17.3 Å². The van der Waals surface area contributed by atoms with Gasteiger partial charge in [-0.1, -0.05) is 66.4 Å². The highest BCUT2D eigenvalue weighted by Crippen LogP contribution is 2.44. The smallest absolute Gasteiger partial charge is 0.316 e. The molecule has 1 aliphatic heterocycles. The van der Waals surface area contributed by atoms with Crippen LogP contribution in [0.2, 0.25) is 0 Å². The number of methoxy groups -OCH3 is 2. The minimum absolute atomic E-state index is 0.0380. The summed E-state index contributed by atoms with van der Waals surface area (Å²) < 4.78 is 16.3. The number of thioether (sulfide) groups is 1. The molecule has 0 saturated heterocycles. The van der Waals surface area contributed by atoms with Crippen LogP contribution in [0.3, 0.4) is 0 Å². The Labute approximate surface area is 237 Å². The normalized spacial score (nSPS) is 16.4. The topological polar surface area (TPSA) is 110 Å². The number of ether oxygens (including phenoxy) is 3. The second kappa shape index (κ2) is 13.5. The van der Waals surface area contributed by atoms with Crippen LogP contribution in [0.25, 0.3) is 0 Å². The van der Waals surface area contributed by atoms with Crippen LogP contribution >= 0.6 is 11.8 Å². The lowest BCUT2D eigenvalue weighted by molar-refractivity contribution is -0.141. The maximum atomic E-state index is 13.6. The van der Waals surface area contributed by atoms with Gasteiger partial charge in [0.2, 0.25) is 5.91 Å². The van der Waals surface area contributed by atoms with Gasteiger partial charge in [0.15, 0.2) is 11.5 Å². The number of nitrogens with one attached hydrogen (secondary N) is 1. The molecule has 1 amide bonds. The van der Waals surface area contributed by atoms with Crippen molar-refractivity contribution in [1.29, 1.82) is 5.26 Å². The molecule has 1 unspecified atom stereocenters. The number of allylic oxidation sites excluding steroid dienone is 1. The van der Waals surface area contributed by atoms with Crippen LogP contribution in [0.1, 0.15) is 24.0 Å². The fourth-order valence-corrected chi connectivity index (χ4v) is 5.33. The number of benzene rings is 3. The Morgan fingerprint density at radius 2 is 1.65 bits per heavy atom. The minimum Gasteiger partial charge on any atom is -0.493 e. The van der Waals surface area contributed by atoms with Crippen molar-refractivity contribution >= 4 is 35.0 Å². The Morgan fingerprint density at radius 1 is 0.975 bits per heavy atom. The molecule has 0 aromatic heterocycles. The first-order valence-corrected chi connectivity index (χ1v) is 13.5. The number of nitriles is 1. The van der Waals surface area contributed by atoms with Crippen molar-refractivity contribution in [3.63, 3.8) is 0 Å². The lowest BCUT2D eigenvalue weighted by atomic mass is 9.76. The van der Waals surface area contributed by atoms with Crippen molar-refractivity contribution < 1.29 is 23.8 Å². The molecule has 40 heavy (non-hydrogen) atoms. The molecule has 0 spiro atoms. The van der Waals surface area contributed by atoms with E-state index in [2.05, 4.69) is 16.4 Å². The number of nitrogens with zero attached hydrogens (tertiary/aromatic N) is 2. The van der Waals surface area contributed by atoms with Crippen LogP contribution in [0, 0.1) is 17.2 Å². The number of carbonyl (C=O) groups is 2. The second-order valence-corrected chi connectivity index (χ2v) is 9.91. The number of hydrogen-bond donors (Lipinski definition) is 1. The predicted molar refractivity (Wildman–Crippen MR) is 155 cm³/mol. The predicted octanol–water partition coefficient (Wildman–Crippen LogP) is 5.73. The molecule has 1 heterocycles. The summed E-state index contributed by atoms with van der Waals surface area (Å²) in [5.41, 5.74) is 3.00. The van der Waals surface area contributed by atoms with Crippen molar-refractivity contribution in [3.05, 3.63) is 101 Å². The number of esters is 1. The van der Waals surface area contributed by atoms with Crippen molar-refractivity contribution in [1.82, 2.24) is 0 Å². The molecule has 1 N–H and O–H groups in total. The zero-order valence-corrected chi connectivity index (χ0v) is 23.2. The molecule has 8 nitrogen and oxygen atoms in total. The third kappa shape index (κ3) is 6.71. The molecule has 4 rings (SSSR count). The first-order chi connectivity index (χ1) is 19.4. The Bertz CT molecular complexity index is 1470. The van der Waals surface area contributed by atoms with E-state index in [0.29, 0.717) is 33.5 Å². The maximum Gasteiger partial charge on any atom is 0.316 e. The monoisotopic (exact) mass is 555 g/mol. The van der Waals surface area contributed by atoms with E-state index in [9.17, 15) is 14.9 Å². The summed E-state index contributed by atoms with van der Waals surface area (Å²) in [5.74, 6) is -1.22. The van der Waals surface area contributed by atoms with Gasteiger partial charge in [0.05, 0.1) is 37.5 Å². The highest BCUT2D eigenvalue weighted by molar-refractivity contribution is 8.03. The van der Waals surface area contributed by atoms with Gasteiger partial charge in [0.1, 0.15) is 11.6 Å². The van der Waals surface area contributed by atoms with Gasteiger partial charge in [-0.2, -0.15) is 5.26 Å². The number of amides is 1. The Kier molecular flexibility index (Phi) is 9.60. The Hall–Kier alpha value is -4.55. The molecule has 0 radical (unpaired) electrons. The van der Waals surface area contributed by atoms with Gasteiger partial charge in [-0.3, -0.25) is 9.59 Å². The molecule has 0 saturated carbocycles. The van der Waals surface area contributed by atoms with E-state index in [-0.39, 0.29) is 23.8 Å². The van der Waals surface area contributed by atoms with E-state index in [1.54, 1.807) is 37.3 Å². The summed E-state index contributed by atoms with van der Waals surface area (Å²) in [6, 6.07) is 26.1. The molecular formula is C31H29N3O5S. The van der Waals surface area contributed by atoms with Gasteiger partial charge < -0.3 is 19.5 Å². The molecule has 0 fully saturated rings. The Morgan fingerprint density at radius 3 is 2.30 bits per heavy atom. The lowest BCUT2D eigenvalue weighted by Crippen LogP contribution is -2.36. The number of aliphatic imine (C=N–C) groups is 1. The standard InChI is InChI=1S/C31H29N3O5S/c1-20-28(30(36)34-23-12-8-5-9-13-23)29(22-14-15-25(37-2)26(16-22)38-3)24(17-32)31(33-20)40-19-27(35)39-18-21-10-6-4-7-11-21/h4-16,28-29H,18-19H2,1-3H3,(H,34,36)/t28?,29-/m0/s1. The lowest BCUT2D eigenvalue weighted by Gasteiger charge is -2.31. The van der Waals surface area contributed by atoms with E-state index in [1.165, 1.54) is 14.2 Å². The Balaban J connectivity index is 1.64. The summed E-state index contributed by atoms with van der Waals surface area (Å²) in [6.45, 7) is 1.91. The zero-order valence-electron chi connectivity index (χ0n) is 22.4. The van der Waals surface area contributed by atoms with Crippen LogP contribution in [0.5, 0.6) is 11.5 Å². The summed E-state index contributed by atoms with van der Waals surface area (Å²) in [7, 11) is 3.06. The highest BCUT2D eigenvalue weighted by Gasteiger charge is 2.40. The minimum atomic E-state index is -0.776. The molecule has 9 heteroatoms. The maximum absolute atomic E-state index is 13.6. The summed E-state index contributed by atoms with van der Waals surface area (Å²) >= 11 is 1.12. The van der Waals surface area contributed by atoms with Crippen molar-refractivity contribution in [2.45, 2.75) is 19.4 Å². The molecule has 2 atom stereocenters. The van der Waals surface area contributed by atoms with Crippen LogP contribution < -0.4 is 14.8 Å². The highest BCUT2D eigenvalue weighted by atomic mass is 32.2. The first kappa shape index (κ1) is 28.5. The van der Waals surface area contributed by atoms with Crippen LogP contribution in [0.4, 0.5) is 5.69 Å². The summed E-state index contributed by atoms with van der Waals surface area (Å²) in [4.78, 5) is 30.8. The molecule has 3 aromatic carbocycles. The summed E-state index contributed by atoms with van der Waals surface area (Å²) in [5, 5.41) is 13.6. The van der Waals surface area contributed by atoms with E-state index in [4.69, 9.17) is 14.2 Å². The number of rotatable bonds is 10. The molecule has 3 aromatic rings. The van der Waals surface area contributed by atoms with E-state index >= 15 is 0 Å². The van der Waals surface area contributed by atoms with Crippen LogP contribution in [-0.2, 0) is 20.9 Å². The van der Waals surface area contributed by atoms with Crippen LogP contribution in [-0.4, -0.2) is 37.6 Å². The SMILES string of the molecule is COc1ccc([C@H]2C(C#N)=C(SCC(=O)OCc3ccccc3)N=C(C)C2C(=O)Nc2ccccc2)cc1OC. The molecule has 204 valence electrons. The molecule has 0 bridgehead atoms. The number of hydrogen-bond acceptors (Lipinski definition) is 8. The van der Waals surface area contributed by atoms with Gasteiger partial charge >= 0.3 is 5.97 Å². The van der Waals surface area contributed by atoms with E-state index in [1.807, 2.05) is 48.5 Å². The second-order valence-electron chi connectivity index (χ2n) is 8.94. The van der Waals surface area contributed by atoms with Crippen LogP contribution in [0.15, 0.2) is 94.5 Å². The van der Waals surface area contributed by atoms with Crippen molar-refractivity contribution in [2.75, 3.05) is 25.3 Å². The molecular weight excluding hydrogens is 526 g/mol. The van der Waals surface area contributed by atoms with Gasteiger partial charge in [-0.25, -0.2) is 4.99 Å². The van der Waals surface area contributed by atoms with E-state index in [0.717, 1.165) is 17.3 Å². The number of para-hydroxylation sites is 1. The third-order valence-electron chi connectivity index (χ3n) is 6.38. The van der Waals surface area contributed by atoms with Gasteiger partial charge in [0.25, 0.3) is 0 Å². The summed E-state index contributed by atoms with van der Waals surface area (Å²) in [6.07, 6.45) is 0. The fraction of sp³-hybridized carbons (Fsp3) is 0.226. The quantitative estimate of drug-likeness (QED) is 0.318. The zero-order chi connectivity index (χ0) is 28.5. The van der Waals surface area contributed by atoms with E-state index < -0.39 is 17.8 Å². The average Bonchev–Trinajstić information content (AvgIpc) is 2.99. The number of anilines is 1. The molecule has 0 aliphatic carbocycles. The largest absolute Gasteiger partial charge is 0.493 e. The number of carbonyl (C=O) groups excluding carboxylic acids is 2. The molecule has 1 aliphatic rings. The van der Waals surface area contributed by atoms with Gasteiger partial charge in [-0.05, 0) is 42.3 Å². The third-order valence-corrected chi connectivity index (χ3v) is 7.35. The first-order valence-electron chi connectivity index (χ1n) is 12.5. The fourth-order valence-electron chi connectivity index (χ4n) is 4.45. The van der Waals surface area contributed by atoms with Gasteiger partial charge in [-0.15, -0.1) is 0 Å². The van der Waals surface area contributed by atoms with Crippen molar-refractivity contribution in [3.8, 4) is 17.6 Å². The average molecular weight is 556 g/mol.